The summed E-state index contributed by atoms with van der Waals surface area (Å²) in [4.78, 5) is 11.7. The van der Waals surface area contributed by atoms with Crippen LogP contribution in [0.15, 0.2) is 32.1 Å². The van der Waals surface area contributed by atoms with E-state index in [1.165, 1.54) is 11.3 Å². The Bertz CT molecular complexity index is 435. The monoisotopic (exact) mass is 287 g/mol. The van der Waals surface area contributed by atoms with Crippen molar-refractivity contribution in [2.24, 2.45) is 0 Å². The lowest BCUT2D eigenvalue weighted by molar-refractivity contribution is 0.102. The number of hydrogen-bond acceptors (Lipinski definition) is 3. The number of halogens is 1. The molecule has 0 bridgehead atoms. The molecular formula is C9H6BrNOS2. The maximum Gasteiger partial charge on any atom is 0.257 e. The Kier molecular flexibility index (Phi) is 3.00. The summed E-state index contributed by atoms with van der Waals surface area (Å²) in [5.74, 6) is -0.0727. The van der Waals surface area contributed by atoms with E-state index in [9.17, 15) is 4.79 Å². The van der Waals surface area contributed by atoms with Crippen LogP contribution in [-0.2, 0) is 0 Å². The van der Waals surface area contributed by atoms with Crippen LogP contribution in [0.2, 0.25) is 0 Å². The molecule has 0 aliphatic heterocycles. The van der Waals surface area contributed by atoms with Gasteiger partial charge in [0.1, 0.15) is 0 Å². The molecule has 0 aliphatic carbocycles. The van der Waals surface area contributed by atoms with Crippen LogP contribution in [-0.4, -0.2) is 5.91 Å². The van der Waals surface area contributed by atoms with Gasteiger partial charge in [0.15, 0.2) is 0 Å². The second-order valence-electron chi connectivity index (χ2n) is 2.57. The van der Waals surface area contributed by atoms with Gasteiger partial charge >= 0.3 is 0 Å². The first-order valence-electron chi connectivity index (χ1n) is 3.84. The molecule has 0 fully saturated rings. The van der Waals surface area contributed by atoms with E-state index in [2.05, 4.69) is 21.2 Å². The number of hydrogen-bond donors (Lipinski definition) is 1. The van der Waals surface area contributed by atoms with Crippen LogP contribution in [0, 0.1) is 0 Å². The quantitative estimate of drug-likeness (QED) is 0.894. The second-order valence-corrected chi connectivity index (χ2v) is 5.59. The second kappa shape index (κ2) is 4.25. The van der Waals surface area contributed by atoms with E-state index in [0.29, 0.717) is 5.56 Å². The summed E-state index contributed by atoms with van der Waals surface area (Å²) < 4.78 is 0.866. The van der Waals surface area contributed by atoms with Gasteiger partial charge in [-0.1, -0.05) is 0 Å². The van der Waals surface area contributed by atoms with Crippen LogP contribution in [0.1, 0.15) is 10.4 Å². The number of nitrogens with one attached hydrogen (secondary N) is 1. The van der Waals surface area contributed by atoms with Crippen molar-refractivity contribution < 1.29 is 4.79 Å². The summed E-state index contributed by atoms with van der Waals surface area (Å²) in [6, 6.07) is 3.68. The minimum Gasteiger partial charge on any atom is -0.321 e. The molecule has 2 aromatic rings. The molecule has 0 saturated carbocycles. The van der Waals surface area contributed by atoms with E-state index < -0.39 is 0 Å². The van der Waals surface area contributed by atoms with Crippen LogP contribution in [0.4, 0.5) is 5.69 Å². The van der Waals surface area contributed by atoms with Crippen molar-refractivity contribution in [3.05, 3.63) is 37.6 Å². The van der Waals surface area contributed by atoms with Crippen LogP contribution in [0.5, 0.6) is 0 Å². The third kappa shape index (κ3) is 2.05. The number of carbonyl (C=O) groups excluding carboxylic acids is 1. The number of anilines is 1. The maximum atomic E-state index is 11.7. The molecule has 2 heterocycles. The lowest BCUT2D eigenvalue weighted by Gasteiger charge is -2.00. The van der Waals surface area contributed by atoms with Gasteiger partial charge in [0, 0.05) is 5.38 Å². The van der Waals surface area contributed by atoms with Crippen molar-refractivity contribution in [2.45, 2.75) is 0 Å². The van der Waals surface area contributed by atoms with Crippen LogP contribution >= 0.6 is 38.6 Å². The van der Waals surface area contributed by atoms with E-state index in [-0.39, 0.29) is 5.91 Å². The number of rotatable bonds is 2. The van der Waals surface area contributed by atoms with Gasteiger partial charge in [-0.2, -0.15) is 11.3 Å². The van der Waals surface area contributed by atoms with Crippen molar-refractivity contribution in [2.75, 3.05) is 5.32 Å². The van der Waals surface area contributed by atoms with E-state index >= 15 is 0 Å². The van der Waals surface area contributed by atoms with Gasteiger partial charge in [-0.05, 0) is 38.8 Å². The topological polar surface area (TPSA) is 29.1 Å². The summed E-state index contributed by atoms with van der Waals surface area (Å²) in [6.45, 7) is 0. The van der Waals surface area contributed by atoms with Gasteiger partial charge in [0.25, 0.3) is 5.91 Å². The van der Waals surface area contributed by atoms with Crippen molar-refractivity contribution in [3.63, 3.8) is 0 Å². The molecule has 0 aromatic carbocycles. The number of amides is 1. The lowest BCUT2D eigenvalue weighted by atomic mass is 10.3. The summed E-state index contributed by atoms with van der Waals surface area (Å²) in [5.41, 5.74) is 1.53. The molecule has 2 aromatic heterocycles. The number of thiophene rings is 2. The average Bonchev–Trinajstić information content (AvgIpc) is 2.75. The Morgan fingerprint density at radius 1 is 1.36 bits per heavy atom. The number of carbonyl (C=O) groups is 1. The molecule has 2 rings (SSSR count). The summed E-state index contributed by atoms with van der Waals surface area (Å²) in [7, 11) is 0. The minimum absolute atomic E-state index is 0.0727. The predicted octanol–water partition coefficient (Wildman–Crippen LogP) is 3.82. The molecule has 0 atom stereocenters. The fourth-order valence-corrected chi connectivity index (χ4v) is 2.82. The Balaban J connectivity index is 2.14. The highest BCUT2D eigenvalue weighted by molar-refractivity contribution is 9.11. The first kappa shape index (κ1) is 9.89. The zero-order valence-electron chi connectivity index (χ0n) is 6.99. The van der Waals surface area contributed by atoms with Crippen LogP contribution in [0.25, 0.3) is 0 Å². The van der Waals surface area contributed by atoms with E-state index in [1.807, 2.05) is 22.2 Å². The molecule has 72 valence electrons. The Morgan fingerprint density at radius 3 is 2.79 bits per heavy atom. The van der Waals surface area contributed by atoms with Crippen molar-refractivity contribution >= 4 is 50.2 Å². The highest BCUT2D eigenvalue weighted by Crippen LogP contribution is 2.24. The molecule has 0 unspecified atom stereocenters. The van der Waals surface area contributed by atoms with Gasteiger partial charge in [-0.15, -0.1) is 11.3 Å². The molecule has 0 saturated heterocycles. The fourth-order valence-electron chi connectivity index (χ4n) is 0.990. The maximum absolute atomic E-state index is 11.7. The minimum atomic E-state index is -0.0727. The van der Waals surface area contributed by atoms with E-state index in [0.717, 1.165) is 9.47 Å². The van der Waals surface area contributed by atoms with Gasteiger partial charge in [0.05, 0.1) is 15.0 Å². The van der Waals surface area contributed by atoms with Gasteiger partial charge < -0.3 is 5.32 Å². The fraction of sp³-hybridized carbons (Fsp3) is 0. The average molecular weight is 288 g/mol. The predicted molar refractivity (Wildman–Crippen MR) is 64.3 cm³/mol. The molecule has 0 aliphatic rings. The summed E-state index contributed by atoms with van der Waals surface area (Å²) in [6.07, 6.45) is 0. The molecule has 2 nitrogen and oxygen atoms in total. The molecule has 14 heavy (non-hydrogen) atoms. The highest BCUT2D eigenvalue weighted by Gasteiger charge is 2.10. The first-order valence-corrected chi connectivity index (χ1v) is 6.45. The van der Waals surface area contributed by atoms with E-state index in [1.54, 1.807) is 17.4 Å². The van der Waals surface area contributed by atoms with Crippen LogP contribution < -0.4 is 5.32 Å². The first-order chi connectivity index (χ1) is 6.77. The SMILES string of the molecule is O=C(Nc1ccsc1)c1ccsc1Br. The normalized spacial score (nSPS) is 10.1. The third-order valence-corrected chi connectivity index (χ3v) is 4.01. The van der Waals surface area contributed by atoms with Gasteiger partial charge in [-0.3, -0.25) is 4.79 Å². The summed E-state index contributed by atoms with van der Waals surface area (Å²) >= 11 is 6.39. The van der Waals surface area contributed by atoms with Crippen molar-refractivity contribution in [1.29, 1.82) is 0 Å². The standard InChI is InChI=1S/C9H6BrNOS2/c10-8-7(2-4-14-8)9(12)11-6-1-3-13-5-6/h1-5H,(H,11,12). The molecule has 0 radical (unpaired) electrons. The third-order valence-electron chi connectivity index (χ3n) is 1.64. The largest absolute Gasteiger partial charge is 0.321 e. The van der Waals surface area contributed by atoms with Crippen molar-refractivity contribution in [3.8, 4) is 0 Å². The molecule has 1 N–H and O–H groups in total. The van der Waals surface area contributed by atoms with Crippen molar-refractivity contribution in [1.82, 2.24) is 0 Å². The molecular weight excluding hydrogens is 282 g/mol. The smallest absolute Gasteiger partial charge is 0.257 e. The Labute approximate surface area is 97.7 Å². The highest BCUT2D eigenvalue weighted by atomic mass is 79.9. The molecule has 0 spiro atoms. The lowest BCUT2D eigenvalue weighted by Crippen LogP contribution is -2.10. The zero-order valence-corrected chi connectivity index (χ0v) is 10.2. The van der Waals surface area contributed by atoms with Crippen LogP contribution in [0.3, 0.4) is 0 Å². The van der Waals surface area contributed by atoms with Gasteiger partial charge in [-0.25, -0.2) is 0 Å². The molecule has 1 amide bonds. The Morgan fingerprint density at radius 2 is 2.21 bits per heavy atom. The van der Waals surface area contributed by atoms with Gasteiger partial charge in [0.2, 0.25) is 0 Å². The Hall–Kier alpha value is -0.650. The summed E-state index contributed by atoms with van der Waals surface area (Å²) in [5, 5.41) is 8.52. The van der Waals surface area contributed by atoms with E-state index in [4.69, 9.17) is 0 Å². The zero-order chi connectivity index (χ0) is 9.97. The molecule has 5 heteroatoms.